The third-order valence-corrected chi connectivity index (χ3v) is 12.2. The molecule has 2 aliphatic carbocycles. The smallest absolute Gasteiger partial charge is 0 e. The molecule has 0 aliphatic heterocycles. The van der Waals surface area contributed by atoms with Crippen LogP contribution in [0.2, 0.25) is 39.3 Å². The van der Waals surface area contributed by atoms with E-state index in [1.165, 1.54) is 69.8 Å². The van der Waals surface area contributed by atoms with Crippen LogP contribution in [0.3, 0.4) is 0 Å². The molecule has 0 aromatic heterocycles. The van der Waals surface area contributed by atoms with Crippen molar-refractivity contribution in [2.75, 3.05) is 0 Å². The van der Waals surface area contributed by atoms with Gasteiger partial charge in [-0.3, -0.25) is 0 Å². The molecule has 2 aliphatic rings. The van der Waals surface area contributed by atoms with Gasteiger partial charge in [0.05, 0.1) is 0 Å². The molecule has 2 fully saturated rings. The van der Waals surface area contributed by atoms with E-state index in [1.807, 2.05) is 0 Å². The molecule has 0 N–H and O–H groups in total. The van der Waals surface area contributed by atoms with Crippen molar-refractivity contribution in [2.45, 2.75) is 103 Å². The Morgan fingerprint density at radius 3 is 1.00 bits per heavy atom. The molecule has 13 heteroatoms. The molecule has 0 unspecified atom stereocenters. The topological polar surface area (TPSA) is 62.9 Å². The number of halogens is 4. The molecular weight excluding hydrogens is 873 g/mol. The Morgan fingerprint density at radius 1 is 0.615 bits per heavy atom. The van der Waals surface area contributed by atoms with E-state index in [0.717, 1.165) is 0 Å². The first-order valence-corrected chi connectivity index (χ1v) is 22.9. The summed E-state index contributed by atoms with van der Waals surface area (Å²) >= 11 is 12.8. The van der Waals surface area contributed by atoms with E-state index in [-0.39, 0.29) is 34.1 Å². The predicted molar refractivity (Wildman–Crippen MR) is 178 cm³/mol. The van der Waals surface area contributed by atoms with E-state index in [1.54, 1.807) is 0 Å². The molecule has 1 radical (unpaired) electrons. The minimum absolute atomic E-state index is 0. The van der Waals surface area contributed by atoms with Crippen LogP contribution in [0.4, 0.5) is 0 Å². The van der Waals surface area contributed by atoms with Gasteiger partial charge in [-0.15, -0.1) is 18.7 Å². The van der Waals surface area contributed by atoms with Crippen molar-refractivity contribution in [1.29, 1.82) is 0 Å². The molecule has 4 nitrogen and oxygen atoms in total. The second-order valence-electron chi connectivity index (χ2n) is 10.3. The van der Waals surface area contributed by atoms with Crippen LogP contribution in [-0.2, 0) is 48.1 Å². The molecule has 0 spiro atoms. The fourth-order valence-corrected chi connectivity index (χ4v) is 13.0. The van der Waals surface area contributed by atoms with Gasteiger partial charge in [0.15, 0.2) is 0 Å². The third-order valence-electron chi connectivity index (χ3n) is 5.02. The Morgan fingerprint density at radius 2 is 0.821 bits per heavy atom. The van der Waals surface area contributed by atoms with Crippen molar-refractivity contribution < 1.29 is 48.1 Å². The Kier molecular flexibility index (Phi) is 46.8. The fourth-order valence-electron chi connectivity index (χ4n) is 3.85. The van der Waals surface area contributed by atoms with Crippen LogP contribution in [0, 0.1) is 26.5 Å². The standard InChI is InChI=1S/C13H24NSi2.2C5H10.3CO.BBr4.2Fe/c1-15(2,3)14(16(4,5)6)12-13-10-8-7-9-11-13;2*1-2-4-5-3-1;3*1-2;2-1(3,4)5;;/h7-12H,1-6H3;2*1-5H2;;;;;;/q-1;;;;;;-1;;+3. The van der Waals surface area contributed by atoms with Crippen molar-refractivity contribution >= 4 is 80.9 Å². The Labute approximate surface area is 296 Å². The van der Waals surface area contributed by atoms with Crippen LogP contribution in [0.25, 0.3) is 0 Å². The monoisotopic (exact) mass is 913 g/mol. The van der Waals surface area contributed by atoms with Gasteiger partial charge in [0.1, 0.15) is 16.5 Å². The molecule has 1 aromatic carbocycles. The maximum absolute atomic E-state index is 7.50. The van der Waals surface area contributed by atoms with Crippen LogP contribution >= 0.6 is 63.0 Å². The average Bonchev–Trinajstić information content (AvgIpc) is 3.59. The first-order chi connectivity index (χ1) is 17.2. The predicted octanol–water partition coefficient (Wildman–Crippen LogP) is 11.0. The van der Waals surface area contributed by atoms with E-state index < -0.39 is 17.9 Å². The largest absolute Gasteiger partial charge is 3.00 e. The van der Waals surface area contributed by atoms with Gasteiger partial charge < -0.3 is 67.3 Å². The normalized spacial score (nSPS) is 13.2. The minimum atomic E-state index is -1.27. The zero-order chi connectivity index (χ0) is 30.0. The maximum Gasteiger partial charge on any atom is 3.00 e. The number of nitrogens with zero attached hydrogens (tertiary/aromatic N) is 1. The maximum atomic E-state index is 7.50. The number of hydrogen-bond donors (Lipinski definition) is 0. The summed E-state index contributed by atoms with van der Waals surface area (Å²) in [5.41, 5.74) is 1.33. The van der Waals surface area contributed by atoms with Crippen molar-refractivity contribution in [1.82, 2.24) is 4.23 Å². The van der Waals surface area contributed by atoms with Gasteiger partial charge in [-0.1, -0.05) is 110 Å². The van der Waals surface area contributed by atoms with Gasteiger partial charge in [0.2, 0.25) is 1.44 Å². The molecule has 39 heavy (non-hydrogen) atoms. The number of hydrogen-bond acceptors (Lipinski definition) is 1. The molecule has 0 heterocycles. The first-order valence-electron chi connectivity index (χ1n) is 12.4. The van der Waals surface area contributed by atoms with E-state index in [0.29, 0.717) is 0 Å². The summed E-state index contributed by atoms with van der Waals surface area (Å²) in [5.74, 6) is 0. The third kappa shape index (κ3) is 44.3. The Bertz CT molecular complexity index is 633. The molecule has 3 rings (SSSR count). The van der Waals surface area contributed by atoms with Gasteiger partial charge >= 0.3 is 51.0 Å². The van der Waals surface area contributed by atoms with E-state index in [2.05, 4.69) is 163 Å². The van der Waals surface area contributed by atoms with E-state index >= 15 is 0 Å². The summed E-state index contributed by atoms with van der Waals surface area (Å²) in [6.45, 7) is 30.4. The van der Waals surface area contributed by atoms with Crippen LogP contribution in [0.5, 0.6) is 0 Å². The van der Waals surface area contributed by atoms with Crippen molar-refractivity contribution in [3.63, 3.8) is 0 Å². The van der Waals surface area contributed by atoms with Gasteiger partial charge in [0, 0.05) is 17.1 Å². The zero-order valence-corrected chi connectivity index (χ0v) is 34.6. The summed E-state index contributed by atoms with van der Waals surface area (Å²) in [5, 5.41) is 0. The SMILES string of the molecule is Br[B-](Br)(Br)Br.C1CCCC1.C1CCCC1.C[Si](C)(C)N([CH-]c1ccccc1)[Si](C)(C)C.[C-]#[O+].[C-]#[O+].[C-]#[O+].[Fe+3].[Fe]. The molecule has 225 valence electrons. The molecule has 0 saturated heterocycles. The minimum Gasteiger partial charge on any atom is 0 e. The van der Waals surface area contributed by atoms with Crippen LogP contribution in [0.1, 0.15) is 69.8 Å². The summed E-state index contributed by atoms with van der Waals surface area (Å²) in [4.78, 5) is 0. The Balaban J connectivity index is -0.0000000981. The van der Waals surface area contributed by atoms with Crippen LogP contribution in [-0.4, -0.2) is 22.1 Å². The Hall–Kier alpha value is 1.73. The number of benzene rings is 1. The summed E-state index contributed by atoms with van der Waals surface area (Å²) < 4.78 is 24.4. The van der Waals surface area contributed by atoms with Crippen molar-refractivity contribution in [3.8, 4) is 0 Å². The summed E-state index contributed by atoms with van der Waals surface area (Å²) in [7, 11) is -2.53. The molecule has 0 amide bonds. The van der Waals surface area contributed by atoms with Crippen molar-refractivity contribution in [3.05, 3.63) is 62.4 Å². The second kappa shape index (κ2) is 34.2. The summed E-state index contributed by atoms with van der Waals surface area (Å²) in [6.07, 6.45) is 15.0. The second-order valence-corrected chi connectivity index (χ2v) is 33.2. The first kappa shape index (κ1) is 53.3. The molecule has 0 atom stereocenters. The van der Waals surface area contributed by atoms with E-state index in [4.69, 9.17) is 14.0 Å². The van der Waals surface area contributed by atoms with E-state index in [9.17, 15) is 0 Å². The summed E-state index contributed by atoms with van der Waals surface area (Å²) in [6, 6.07) is 10.7. The van der Waals surface area contributed by atoms with Crippen LogP contribution < -0.4 is 0 Å². The van der Waals surface area contributed by atoms with Crippen LogP contribution in [0.15, 0.2) is 30.3 Å². The molecular formula is C26H44BBr4Fe2NO3Si2+. The van der Waals surface area contributed by atoms with Crippen molar-refractivity contribution in [2.24, 2.45) is 0 Å². The molecule has 2 saturated carbocycles. The molecule has 0 bridgehead atoms. The van der Waals surface area contributed by atoms with Gasteiger partial charge in [-0.25, -0.2) is 0 Å². The zero-order valence-electron chi connectivity index (χ0n) is 24.0. The van der Waals surface area contributed by atoms with Gasteiger partial charge in [0.25, 0.3) is 0 Å². The average molecular weight is 917 g/mol. The van der Waals surface area contributed by atoms with Gasteiger partial charge in [-0.2, -0.15) is 17.7 Å². The molecule has 1 aromatic rings. The number of rotatable bonds is 4. The van der Waals surface area contributed by atoms with Gasteiger partial charge in [-0.05, 0) is 0 Å². The fraction of sp³-hybridized carbons (Fsp3) is 0.615. The quantitative estimate of drug-likeness (QED) is 0.169.